The second kappa shape index (κ2) is 5.27. The molecule has 0 heterocycles. The minimum absolute atomic E-state index is 0.242. The minimum Gasteiger partial charge on any atom is -0.494 e. The Labute approximate surface area is 100 Å². The van der Waals surface area contributed by atoms with E-state index in [1.807, 2.05) is 0 Å². The molecular weight excluding hydrogens is 261 g/mol. The summed E-state index contributed by atoms with van der Waals surface area (Å²) in [6, 6.07) is 3.34. The highest BCUT2D eigenvalue weighted by atomic mass is 35.5. The zero-order valence-electron chi connectivity index (χ0n) is 8.68. The zero-order chi connectivity index (χ0) is 13.1. The van der Waals surface area contributed by atoms with Gasteiger partial charge in [0, 0.05) is 0 Å². The number of benzene rings is 1. The predicted molar refractivity (Wildman–Crippen MR) is 54.5 cm³/mol. The molecule has 1 aromatic carbocycles. The fourth-order valence-corrected chi connectivity index (χ4v) is 1.28. The highest BCUT2D eigenvalue weighted by Gasteiger charge is 2.32. The summed E-state index contributed by atoms with van der Waals surface area (Å²) >= 11 is 5.17. The van der Waals surface area contributed by atoms with E-state index in [0.29, 0.717) is 6.61 Å². The third-order valence-corrected chi connectivity index (χ3v) is 1.90. The average molecular weight is 269 g/mol. The van der Waals surface area contributed by atoms with E-state index in [-0.39, 0.29) is 5.75 Å². The van der Waals surface area contributed by atoms with Gasteiger partial charge in [0.25, 0.3) is 5.24 Å². The normalized spacial score (nSPS) is 11.1. The Morgan fingerprint density at radius 1 is 1.41 bits per heavy atom. The van der Waals surface area contributed by atoms with E-state index in [1.54, 1.807) is 6.92 Å². The number of rotatable bonds is 4. The summed E-state index contributed by atoms with van der Waals surface area (Å²) < 4.78 is 44.8. The Bertz CT molecular complexity index is 418. The van der Waals surface area contributed by atoms with E-state index >= 15 is 0 Å². The van der Waals surface area contributed by atoms with Gasteiger partial charge in [0.1, 0.15) is 11.5 Å². The summed E-state index contributed by atoms with van der Waals surface area (Å²) in [7, 11) is 0. The van der Waals surface area contributed by atoms with Gasteiger partial charge in [-0.05, 0) is 36.7 Å². The lowest BCUT2D eigenvalue weighted by molar-refractivity contribution is -0.274. The first kappa shape index (κ1) is 13.6. The molecule has 0 radical (unpaired) electrons. The van der Waals surface area contributed by atoms with Gasteiger partial charge in [0.15, 0.2) is 0 Å². The molecule has 7 heteroatoms. The van der Waals surface area contributed by atoms with E-state index in [4.69, 9.17) is 16.3 Å². The van der Waals surface area contributed by atoms with Gasteiger partial charge >= 0.3 is 6.36 Å². The highest BCUT2D eigenvalue weighted by Crippen LogP contribution is 2.30. The summed E-state index contributed by atoms with van der Waals surface area (Å²) in [4.78, 5) is 11.0. The van der Waals surface area contributed by atoms with Crippen molar-refractivity contribution in [1.82, 2.24) is 0 Å². The number of ether oxygens (including phenoxy) is 2. The number of alkyl halides is 3. The molecule has 0 N–H and O–H groups in total. The van der Waals surface area contributed by atoms with Crippen LogP contribution in [0.1, 0.15) is 17.3 Å². The van der Waals surface area contributed by atoms with Crippen LogP contribution in [0.15, 0.2) is 18.2 Å². The molecule has 0 saturated heterocycles. The van der Waals surface area contributed by atoms with Crippen molar-refractivity contribution in [1.29, 1.82) is 0 Å². The largest absolute Gasteiger partial charge is 0.573 e. The fourth-order valence-electron chi connectivity index (χ4n) is 1.13. The second-order valence-electron chi connectivity index (χ2n) is 2.91. The van der Waals surface area contributed by atoms with Gasteiger partial charge in [-0.1, -0.05) is 0 Å². The maximum atomic E-state index is 12.0. The maximum Gasteiger partial charge on any atom is 0.573 e. The van der Waals surface area contributed by atoms with Crippen LogP contribution in [0.5, 0.6) is 11.5 Å². The van der Waals surface area contributed by atoms with Crippen LogP contribution in [-0.2, 0) is 0 Å². The molecule has 0 spiro atoms. The van der Waals surface area contributed by atoms with Crippen LogP contribution < -0.4 is 9.47 Å². The molecule has 0 atom stereocenters. The van der Waals surface area contributed by atoms with Gasteiger partial charge in [0.2, 0.25) is 0 Å². The minimum atomic E-state index is -4.88. The molecule has 0 aromatic heterocycles. The Morgan fingerprint density at radius 2 is 2.06 bits per heavy atom. The summed E-state index contributed by atoms with van der Waals surface area (Å²) in [6.07, 6.45) is -4.88. The molecule has 94 valence electrons. The van der Waals surface area contributed by atoms with Crippen molar-refractivity contribution in [3.05, 3.63) is 23.8 Å². The number of hydrogen-bond acceptors (Lipinski definition) is 3. The topological polar surface area (TPSA) is 35.5 Å². The number of halogens is 4. The second-order valence-corrected chi connectivity index (χ2v) is 3.26. The lowest BCUT2D eigenvalue weighted by Crippen LogP contribution is -2.18. The van der Waals surface area contributed by atoms with E-state index in [1.165, 1.54) is 6.07 Å². The first-order valence-corrected chi connectivity index (χ1v) is 4.93. The van der Waals surface area contributed by atoms with Crippen molar-refractivity contribution in [2.24, 2.45) is 0 Å². The third kappa shape index (κ3) is 4.14. The number of hydrogen-bond donors (Lipinski definition) is 0. The summed E-state index contributed by atoms with van der Waals surface area (Å²) in [5, 5.41) is -1.05. The Kier molecular flexibility index (Phi) is 4.22. The lowest BCUT2D eigenvalue weighted by atomic mass is 10.2. The molecule has 0 aliphatic heterocycles. The highest BCUT2D eigenvalue weighted by molar-refractivity contribution is 6.68. The molecule has 0 aliphatic rings. The fraction of sp³-hybridized carbons (Fsp3) is 0.300. The van der Waals surface area contributed by atoms with Crippen molar-refractivity contribution in [3.63, 3.8) is 0 Å². The molecule has 3 nitrogen and oxygen atoms in total. The first-order chi connectivity index (χ1) is 7.83. The summed E-state index contributed by atoms with van der Waals surface area (Å²) in [5.41, 5.74) is -0.394. The summed E-state index contributed by atoms with van der Waals surface area (Å²) in [6.45, 7) is 2.01. The SMILES string of the molecule is CCOc1ccc(OC(F)(F)F)c(C(=O)Cl)c1. The van der Waals surface area contributed by atoms with Crippen LogP contribution in [0.3, 0.4) is 0 Å². The standard InChI is InChI=1S/C10H8ClF3O3/c1-2-16-6-3-4-8(17-10(12,13)14)7(5-6)9(11)15/h3-5H,2H2,1H3. The van der Waals surface area contributed by atoms with Crippen LogP contribution in [0.4, 0.5) is 13.2 Å². The van der Waals surface area contributed by atoms with Crippen LogP contribution >= 0.6 is 11.6 Å². The van der Waals surface area contributed by atoms with Crippen LogP contribution in [0.2, 0.25) is 0 Å². The predicted octanol–water partition coefficient (Wildman–Crippen LogP) is 3.36. The van der Waals surface area contributed by atoms with Crippen molar-refractivity contribution < 1.29 is 27.4 Å². The molecule has 17 heavy (non-hydrogen) atoms. The monoisotopic (exact) mass is 268 g/mol. The van der Waals surface area contributed by atoms with E-state index in [2.05, 4.69) is 4.74 Å². The van der Waals surface area contributed by atoms with E-state index < -0.39 is 22.9 Å². The Morgan fingerprint density at radius 3 is 2.53 bits per heavy atom. The van der Waals surface area contributed by atoms with Gasteiger partial charge in [-0.15, -0.1) is 13.2 Å². The van der Waals surface area contributed by atoms with E-state index in [0.717, 1.165) is 12.1 Å². The van der Waals surface area contributed by atoms with Crippen molar-refractivity contribution in [2.75, 3.05) is 6.61 Å². The Hall–Kier alpha value is -1.43. The van der Waals surface area contributed by atoms with E-state index in [9.17, 15) is 18.0 Å². The molecule has 0 amide bonds. The molecule has 1 rings (SSSR count). The van der Waals surface area contributed by atoms with Gasteiger partial charge in [0.05, 0.1) is 12.2 Å². The first-order valence-electron chi connectivity index (χ1n) is 4.56. The van der Waals surface area contributed by atoms with Crippen LogP contribution in [0, 0.1) is 0 Å². The zero-order valence-corrected chi connectivity index (χ0v) is 9.43. The maximum absolute atomic E-state index is 12.0. The molecule has 0 aliphatic carbocycles. The van der Waals surface area contributed by atoms with Crippen molar-refractivity contribution in [2.45, 2.75) is 13.3 Å². The van der Waals surface area contributed by atoms with Crippen LogP contribution in [0.25, 0.3) is 0 Å². The smallest absolute Gasteiger partial charge is 0.494 e. The average Bonchev–Trinajstić information content (AvgIpc) is 2.18. The summed E-state index contributed by atoms with van der Waals surface area (Å²) in [5.74, 6) is -0.410. The molecule has 1 aromatic rings. The molecule has 0 saturated carbocycles. The van der Waals surface area contributed by atoms with Gasteiger partial charge < -0.3 is 9.47 Å². The van der Waals surface area contributed by atoms with Crippen molar-refractivity contribution >= 4 is 16.8 Å². The van der Waals surface area contributed by atoms with Gasteiger partial charge in [-0.25, -0.2) is 0 Å². The molecular formula is C10H8ClF3O3. The van der Waals surface area contributed by atoms with Crippen LogP contribution in [-0.4, -0.2) is 18.2 Å². The molecule has 0 unspecified atom stereocenters. The molecule has 0 bridgehead atoms. The third-order valence-electron chi connectivity index (χ3n) is 1.70. The lowest BCUT2D eigenvalue weighted by Gasteiger charge is -2.12. The number of carbonyl (C=O) groups is 1. The quantitative estimate of drug-likeness (QED) is 0.786. The number of carbonyl (C=O) groups excluding carboxylic acids is 1. The van der Waals surface area contributed by atoms with Crippen molar-refractivity contribution in [3.8, 4) is 11.5 Å². The molecule has 0 fully saturated rings. The van der Waals surface area contributed by atoms with Gasteiger partial charge in [-0.2, -0.15) is 0 Å². The van der Waals surface area contributed by atoms with Gasteiger partial charge in [-0.3, -0.25) is 4.79 Å². The Balaban J connectivity index is 3.09.